The van der Waals surface area contributed by atoms with Gasteiger partial charge >= 0.3 is 12.2 Å². The molecule has 2 amide bonds. The highest BCUT2D eigenvalue weighted by Gasteiger charge is 2.41. The molecule has 3 rings (SSSR count). The summed E-state index contributed by atoms with van der Waals surface area (Å²) in [6.45, 7) is 16.2. The van der Waals surface area contributed by atoms with Gasteiger partial charge in [-0.1, -0.05) is 40.7 Å². The van der Waals surface area contributed by atoms with E-state index in [1.807, 2.05) is 69.6 Å². The maximum absolute atomic E-state index is 13.6. The third kappa shape index (κ3) is 9.29. The van der Waals surface area contributed by atoms with Crippen LogP contribution in [0, 0.1) is 10.8 Å². The van der Waals surface area contributed by atoms with Crippen molar-refractivity contribution in [2.45, 2.75) is 92.0 Å². The smallest absolute Gasteiger partial charge is 0.410 e. The van der Waals surface area contributed by atoms with Crippen LogP contribution in [0.1, 0.15) is 72.9 Å². The molecule has 0 spiro atoms. The molecule has 1 saturated heterocycles. The first kappa shape index (κ1) is 33.6. The molecule has 0 saturated carbocycles. The number of nitrogens with zero attached hydrogens (tertiary/aromatic N) is 3. The Morgan fingerprint density at radius 3 is 2.62 bits per heavy atom. The molecule has 1 fully saturated rings. The molecule has 0 aliphatic carbocycles. The zero-order chi connectivity index (χ0) is 31.1. The number of halogens is 1. The number of likely N-dealkylation sites (tertiary alicyclic amines) is 1. The number of rotatable bonds is 13. The van der Waals surface area contributed by atoms with E-state index in [4.69, 9.17) is 14.2 Å². The minimum absolute atomic E-state index is 0.0486. The van der Waals surface area contributed by atoms with Gasteiger partial charge in [-0.25, -0.2) is 14.6 Å². The number of nitrogens with one attached hydrogen (secondary N) is 1. The van der Waals surface area contributed by atoms with Crippen LogP contribution >= 0.6 is 15.9 Å². The Hall–Kier alpha value is -2.92. The number of ketones is 1. The van der Waals surface area contributed by atoms with Crippen molar-refractivity contribution in [2.24, 2.45) is 10.8 Å². The highest BCUT2D eigenvalue weighted by molar-refractivity contribution is 9.10. The predicted octanol–water partition coefficient (Wildman–Crippen LogP) is 6.31. The number of imidazole rings is 1. The van der Waals surface area contributed by atoms with E-state index >= 15 is 0 Å². The minimum atomic E-state index is -0.804. The number of pyridine rings is 1. The number of aromatic nitrogens is 2. The van der Waals surface area contributed by atoms with Gasteiger partial charge in [-0.05, 0) is 65.1 Å². The van der Waals surface area contributed by atoms with Crippen molar-refractivity contribution in [3.63, 3.8) is 0 Å². The van der Waals surface area contributed by atoms with Crippen LogP contribution in [0.2, 0.25) is 0 Å². The lowest BCUT2D eigenvalue weighted by Crippen LogP contribution is -2.51. The van der Waals surface area contributed by atoms with E-state index in [0.29, 0.717) is 13.0 Å². The van der Waals surface area contributed by atoms with Crippen molar-refractivity contribution in [2.75, 3.05) is 19.8 Å². The molecule has 3 heterocycles. The van der Waals surface area contributed by atoms with Crippen LogP contribution < -0.4 is 5.32 Å². The largest absolute Gasteiger partial charge is 0.450 e. The lowest BCUT2D eigenvalue weighted by molar-refractivity contribution is -0.124. The van der Waals surface area contributed by atoms with Gasteiger partial charge in [0, 0.05) is 24.9 Å². The number of carbonyl (C=O) groups is 3. The van der Waals surface area contributed by atoms with Crippen LogP contribution in [-0.4, -0.2) is 70.2 Å². The summed E-state index contributed by atoms with van der Waals surface area (Å²) in [6, 6.07) is 2.61. The summed E-state index contributed by atoms with van der Waals surface area (Å²) >= 11 is 3.51. The van der Waals surface area contributed by atoms with Crippen LogP contribution in [0.15, 0.2) is 41.7 Å². The molecule has 0 bridgehead atoms. The van der Waals surface area contributed by atoms with Gasteiger partial charge in [0.05, 0.1) is 48.7 Å². The zero-order valence-corrected chi connectivity index (χ0v) is 27.2. The fourth-order valence-corrected chi connectivity index (χ4v) is 5.48. The van der Waals surface area contributed by atoms with E-state index in [2.05, 4.69) is 32.8 Å². The molecule has 0 radical (unpaired) electrons. The number of hydrogen-bond acceptors (Lipinski definition) is 7. The van der Waals surface area contributed by atoms with E-state index in [0.717, 1.165) is 28.7 Å². The van der Waals surface area contributed by atoms with Gasteiger partial charge < -0.3 is 28.8 Å². The normalized spacial score (nSPS) is 18.1. The Kier molecular flexibility index (Phi) is 11.6. The predicted molar refractivity (Wildman–Crippen MR) is 164 cm³/mol. The number of ether oxygens (including phenoxy) is 3. The first-order valence-corrected chi connectivity index (χ1v) is 15.3. The van der Waals surface area contributed by atoms with Crippen molar-refractivity contribution in [1.29, 1.82) is 0 Å². The van der Waals surface area contributed by atoms with E-state index in [1.54, 1.807) is 11.8 Å². The number of Topliss-reactive ketones (excluding diaryl/α,β-unsaturated/α-hetero) is 1. The van der Waals surface area contributed by atoms with Gasteiger partial charge in [-0.3, -0.25) is 4.79 Å². The molecule has 2 aromatic heterocycles. The summed E-state index contributed by atoms with van der Waals surface area (Å²) in [5, 5.41) is 2.79. The fraction of sp³-hybridized carbons (Fsp3) is 0.613. The Morgan fingerprint density at radius 2 is 1.98 bits per heavy atom. The molecule has 1 unspecified atom stereocenters. The summed E-state index contributed by atoms with van der Waals surface area (Å²) < 4.78 is 19.8. The Bertz CT molecular complexity index is 1250. The molecule has 42 heavy (non-hydrogen) atoms. The van der Waals surface area contributed by atoms with Gasteiger partial charge in [0.1, 0.15) is 0 Å². The van der Waals surface area contributed by atoms with Gasteiger partial charge in [0.25, 0.3) is 0 Å². The van der Waals surface area contributed by atoms with Gasteiger partial charge in [-0.2, -0.15) is 0 Å². The lowest BCUT2D eigenvalue weighted by Gasteiger charge is -2.32. The molecular formula is C31H45BrN4O6. The molecule has 1 aliphatic heterocycles. The molecule has 1 N–H and O–H groups in total. The Morgan fingerprint density at radius 1 is 1.24 bits per heavy atom. The monoisotopic (exact) mass is 648 g/mol. The standard InChI is InChI=1S/C31H45BrN4O6/c1-8-10-13-31(6,7)20-42-28(38)34-26(30(3,4)5)25(37)16-22-15-23(18-36(22)29(39)40-9-2)41-19-21-17-35-14-11-12-24(32)27(35)33-21/h8,11-12,14,17,22-23,26H,1,9-10,13,15-16,18-20H2,2-7H3,(H,34,38)/t22?,23-,26-/m1/s1. The van der Waals surface area contributed by atoms with Crippen LogP contribution in [0.4, 0.5) is 9.59 Å². The third-order valence-corrected chi connectivity index (χ3v) is 7.96. The van der Waals surface area contributed by atoms with E-state index in [-0.39, 0.29) is 43.5 Å². The van der Waals surface area contributed by atoms with E-state index in [9.17, 15) is 14.4 Å². The van der Waals surface area contributed by atoms with Gasteiger partial charge in [0.2, 0.25) is 0 Å². The second kappa shape index (κ2) is 14.5. The highest BCUT2D eigenvalue weighted by Crippen LogP contribution is 2.29. The molecule has 3 atom stereocenters. The molecular weight excluding hydrogens is 604 g/mol. The lowest BCUT2D eigenvalue weighted by atomic mass is 9.82. The number of amides is 2. The maximum atomic E-state index is 13.6. The van der Waals surface area contributed by atoms with Crippen LogP contribution in [0.5, 0.6) is 0 Å². The summed E-state index contributed by atoms with van der Waals surface area (Å²) in [5.41, 5.74) is 0.756. The second-order valence-electron chi connectivity index (χ2n) is 12.7. The van der Waals surface area contributed by atoms with E-state index < -0.39 is 29.7 Å². The highest BCUT2D eigenvalue weighted by atomic mass is 79.9. The van der Waals surface area contributed by atoms with E-state index in [1.165, 1.54) is 0 Å². The maximum Gasteiger partial charge on any atom is 0.410 e. The van der Waals surface area contributed by atoms with Crippen LogP contribution in [0.3, 0.4) is 0 Å². The van der Waals surface area contributed by atoms with Crippen molar-refractivity contribution in [3.8, 4) is 0 Å². The van der Waals surface area contributed by atoms with Crippen molar-refractivity contribution >= 4 is 39.5 Å². The number of alkyl carbamates (subject to hydrolysis) is 1. The van der Waals surface area contributed by atoms with Gasteiger partial charge in [-0.15, -0.1) is 6.58 Å². The third-order valence-electron chi connectivity index (χ3n) is 7.34. The number of allylic oxidation sites excluding steroid dienone is 1. The summed E-state index contributed by atoms with van der Waals surface area (Å²) in [7, 11) is 0. The van der Waals surface area contributed by atoms with Crippen molar-refractivity contribution in [1.82, 2.24) is 19.6 Å². The molecule has 232 valence electrons. The second-order valence-corrected chi connectivity index (χ2v) is 13.5. The summed E-state index contributed by atoms with van der Waals surface area (Å²) in [5.74, 6) is -0.185. The topological polar surface area (TPSA) is 111 Å². The number of hydrogen-bond donors (Lipinski definition) is 1. The molecule has 10 nitrogen and oxygen atoms in total. The zero-order valence-electron chi connectivity index (χ0n) is 25.7. The first-order valence-electron chi connectivity index (χ1n) is 14.5. The van der Waals surface area contributed by atoms with Crippen LogP contribution in [-0.2, 0) is 25.6 Å². The first-order chi connectivity index (χ1) is 19.7. The number of carbonyl (C=O) groups excluding carboxylic acids is 3. The fourth-order valence-electron chi connectivity index (χ4n) is 5.04. The van der Waals surface area contributed by atoms with Gasteiger partial charge in [0.15, 0.2) is 11.4 Å². The molecule has 0 aromatic carbocycles. The average Bonchev–Trinajstić information content (AvgIpc) is 3.52. The Balaban J connectivity index is 1.65. The molecule has 1 aliphatic rings. The Labute approximate surface area is 257 Å². The quantitative estimate of drug-likeness (QED) is 0.254. The molecule has 11 heteroatoms. The number of fused-ring (bicyclic) bond motifs is 1. The minimum Gasteiger partial charge on any atom is -0.450 e. The van der Waals surface area contributed by atoms with Crippen molar-refractivity contribution in [3.05, 3.63) is 47.3 Å². The van der Waals surface area contributed by atoms with Crippen molar-refractivity contribution < 1.29 is 28.6 Å². The molecule has 2 aromatic rings. The summed E-state index contributed by atoms with van der Waals surface area (Å²) in [6.07, 6.45) is 6.39. The average molecular weight is 650 g/mol. The SMILES string of the molecule is C=CCCC(C)(C)COC(=O)N[C@H](C(=O)CC1C[C@@H](OCc2cn3cccc(Br)c3n2)CN1C(=O)OCC)C(C)(C)C. The summed E-state index contributed by atoms with van der Waals surface area (Å²) in [4.78, 5) is 45.4. The van der Waals surface area contributed by atoms with Crippen LogP contribution in [0.25, 0.3) is 5.65 Å².